The van der Waals surface area contributed by atoms with E-state index in [0.29, 0.717) is 46.1 Å². The molecular formula is C115H71N9. The molecule has 0 radical (unpaired) electrons. The number of nitrogens with zero attached hydrogens (tertiary/aromatic N) is 9. The maximum atomic E-state index is 9.91. The summed E-state index contributed by atoms with van der Waals surface area (Å²) in [7, 11) is 0. The molecule has 3 heterocycles. The molecule has 3 aliphatic carbocycles. The fraction of sp³-hybridized carbons (Fsp3) is 0.0261. The van der Waals surface area contributed by atoms with Crippen molar-refractivity contribution in [2.75, 3.05) is 0 Å². The van der Waals surface area contributed by atoms with Crippen LogP contribution in [0.15, 0.2) is 394 Å². The van der Waals surface area contributed by atoms with Crippen LogP contribution in [0.3, 0.4) is 0 Å². The van der Waals surface area contributed by atoms with Gasteiger partial charge in [-0.2, -0.15) is 10.5 Å². The summed E-state index contributed by atoms with van der Waals surface area (Å²) in [5.41, 5.74) is 35.1. The molecule has 0 fully saturated rings. The van der Waals surface area contributed by atoms with Crippen molar-refractivity contribution >= 4 is 43.4 Å². The molecule has 0 unspecified atom stereocenters. The lowest BCUT2D eigenvalue weighted by molar-refractivity contribution is 0.660. The van der Waals surface area contributed by atoms with Gasteiger partial charge in [-0.15, -0.1) is 0 Å². The quantitative estimate of drug-likeness (QED) is 0.118. The summed E-state index contributed by atoms with van der Waals surface area (Å²) < 4.78 is 19.2. The molecule has 0 saturated carbocycles. The van der Waals surface area contributed by atoms with E-state index in [1.165, 1.54) is 60.8 Å². The van der Waals surface area contributed by atoms with Crippen LogP contribution in [0.5, 0.6) is 0 Å². The first-order valence-electron chi connectivity index (χ1n) is 42.6. The van der Waals surface area contributed by atoms with Crippen molar-refractivity contribution in [3.63, 3.8) is 0 Å². The van der Waals surface area contributed by atoms with Gasteiger partial charge < -0.3 is 4.57 Å². The van der Waals surface area contributed by atoms with Gasteiger partial charge in [0.05, 0.1) is 37.0 Å². The third kappa shape index (κ3) is 12.1. The minimum Gasteiger partial charge on any atom is -0.309 e. The van der Waals surface area contributed by atoms with Crippen molar-refractivity contribution in [2.45, 2.75) is 19.3 Å². The molecule has 124 heavy (non-hydrogen) atoms. The highest BCUT2D eigenvalue weighted by Gasteiger charge is 2.36. The van der Waals surface area contributed by atoms with Crippen molar-refractivity contribution in [2.24, 2.45) is 0 Å². The van der Waals surface area contributed by atoms with Crippen LogP contribution in [0.4, 0.5) is 0 Å². The topological polar surface area (TPSA) is 130 Å². The van der Waals surface area contributed by atoms with Crippen LogP contribution in [-0.4, -0.2) is 34.5 Å². The van der Waals surface area contributed by atoms with Gasteiger partial charge in [0.25, 0.3) is 0 Å². The van der Waals surface area contributed by atoms with Crippen LogP contribution in [0.25, 0.3) is 229 Å². The zero-order valence-corrected chi connectivity index (χ0v) is 67.4. The third-order valence-electron chi connectivity index (χ3n) is 25.1. The number of hydrogen-bond acceptors (Lipinski definition) is 8. The maximum absolute atomic E-state index is 9.91. The summed E-state index contributed by atoms with van der Waals surface area (Å²) >= 11 is 0. The van der Waals surface area contributed by atoms with Crippen LogP contribution in [0, 0.1) is 22.7 Å². The van der Waals surface area contributed by atoms with E-state index in [9.17, 15) is 10.5 Å². The SMILES string of the molecule is N#Cc1ccc2c(c1)c1cc(-c3cccc(-c4ccc5c6c(ccc(-c7ccc(-c8nc(-c9ccccc9)nc(-c9ccccc9)n8)cc7)c46)-c4ccccc4-5)c3)ccc1n2-c1ccccc1.[2H]c1cc2c(cc1[2H])-c1ccc(-c3ccc(-c4nc(-c5ccccc5)nc(-c5ccc6c(c5)C(C)(C)c5ccccc5-6)n4)cc3)c3c(-c4ccc(C#N)cc4)ccc-2c13. The Morgan fingerprint density at radius 1 is 0.234 bits per heavy atom. The number of rotatable bonds is 12. The van der Waals surface area contributed by atoms with E-state index in [1.54, 1.807) is 0 Å². The lowest BCUT2D eigenvalue weighted by Crippen LogP contribution is -2.15. The second-order valence-electron chi connectivity index (χ2n) is 32.4. The van der Waals surface area contributed by atoms with Gasteiger partial charge in [-0.25, -0.2) is 29.9 Å². The second kappa shape index (κ2) is 29.4. The molecule has 0 saturated heterocycles. The number of benzene rings is 18. The van der Waals surface area contributed by atoms with E-state index in [4.69, 9.17) is 32.6 Å². The van der Waals surface area contributed by atoms with Crippen LogP contribution < -0.4 is 0 Å². The predicted molar refractivity (Wildman–Crippen MR) is 505 cm³/mol. The molecule has 9 heteroatoms. The fourth-order valence-electron chi connectivity index (χ4n) is 19.1. The number of aromatic nitrogens is 7. The van der Waals surface area contributed by atoms with E-state index in [2.05, 4.69) is 267 Å². The molecule has 18 aromatic carbocycles. The minimum absolute atomic E-state index is 0.156. The first-order chi connectivity index (χ1) is 61.9. The van der Waals surface area contributed by atoms with Crippen molar-refractivity contribution in [3.05, 3.63) is 417 Å². The summed E-state index contributed by atoms with van der Waals surface area (Å²) in [4.78, 5) is 30.2. The van der Waals surface area contributed by atoms with Crippen LogP contribution in [0.2, 0.25) is 0 Å². The summed E-state index contributed by atoms with van der Waals surface area (Å²) in [6, 6.07) is 138. The molecule has 3 aliphatic rings. The molecule has 9 nitrogen and oxygen atoms in total. The lowest BCUT2D eigenvalue weighted by atomic mass is 9.82. The van der Waals surface area contributed by atoms with Crippen molar-refractivity contribution < 1.29 is 2.74 Å². The van der Waals surface area contributed by atoms with Gasteiger partial charge in [0, 0.05) is 55.3 Å². The van der Waals surface area contributed by atoms with E-state index in [0.717, 1.165) is 144 Å². The van der Waals surface area contributed by atoms with Gasteiger partial charge in [0.1, 0.15) is 0 Å². The molecule has 21 aromatic rings. The Morgan fingerprint density at radius 2 is 0.548 bits per heavy atom. The Bertz CT molecular complexity index is 8060. The molecule has 0 bridgehead atoms. The van der Waals surface area contributed by atoms with Gasteiger partial charge in [-0.05, 0) is 211 Å². The fourth-order valence-corrected chi connectivity index (χ4v) is 19.1. The smallest absolute Gasteiger partial charge is 0.164 e. The largest absolute Gasteiger partial charge is 0.309 e. The molecule has 3 aromatic heterocycles. The lowest BCUT2D eigenvalue weighted by Gasteiger charge is -2.21. The molecule has 0 spiro atoms. The standard InChI is InChI=1S/C62H37N5.C53H34N4/c63-38-39-23-33-56-54(35-39)55-37-45(28-34-57(55)67(56)47-19-8-3-9-20-47)44-17-12-18-46(36-44)49-30-32-53-51-22-11-10-21-50(51)52-31-29-48(58(49)59(52)53)40-24-26-43(27-25-40)62-65-60(41-13-4-1-5-14-41)64-61(66-62)42-15-6-2-7-16-42;1-53(2)46-15-9-8-14-42(46)43-25-24-37(30-47(43)53)52-56-50(35-10-4-3-5-11-35)55-51(57-52)36-22-20-34(21-23-36)39-27-29-45-41-13-7-6-12-40(41)44-28-26-38(48(39)49(44)45)33-18-16-32(31-54)17-19-33/h1-37H;3-30H,1-2H3/i;6D,7D. The zero-order valence-electron chi connectivity index (χ0n) is 69.4. The maximum Gasteiger partial charge on any atom is 0.164 e. The number of para-hydroxylation sites is 1. The van der Waals surface area contributed by atoms with Gasteiger partial charge in [-0.1, -0.05) is 341 Å². The summed E-state index contributed by atoms with van der Waals surface area (Å²) in [5.74, 6) is 3.73. The molecule has 0 amide bonds. The monoisotopic (exact) mass is 1580 g/mol. The average molecular weight is 1580 g/mol. The molecule has 0 aliphatic heterocycles. The van der Waals surface area contributed by atoms with E-state index < -0.39 is 0 Å². The highest BCUT2D eigenvalue weighted by Crippen LogP contribution is 2.56. The Balaban J connectivity index is 0.000000146. The van der Waals surface area contributed by atoms with Crippen molar-refractivity contribution in [1.82, 2.24) is 34.5 Å². The normalized spacial score (nSPS) is 12.4. The Kier molecular flexibility index (Phi) is 16.7. The molecule has 24 rings (SSSR count). The van der Waals surface area contributed by atoms with Crippen LogP contribution in [0.1, 0.15) is 38.8 Å². The second-order valence-corrected chi connectivity index (χ2v) is 32.4. The highest BCUT2D eigenvalue weighted by molar-refractivity contribution is 6.24. The van der Waals surface area contributed by atoms with Crippen molar-refractivity contribution in [3.8, 4) is 197 Å². The zero-order chi connectivity index (χ0) is 84.4. The third-order valence-corrected chi connectivity index (χ3v) is 25.1. The number of nitriles is 2. The Hall–Kier alpha value is -16.7. The minimum atomic E-state index is -0.156. The first kappa shape index (κ1) is 70.3. The van der Waals surface area contributed by atoms with Crippen molar-refractivity contribution in [1.29, 1.82) is 10.5 Å². The predicted octanol–water partition coefficient (Wildman–Crippen LogP) is 28.8. The average Bonchev–Trinajstić information content (AvgIpc) is 1.58. The van der Waals surface area contributed by atoms with Gasteiger partial charge >= 0.3 is 0 Å². The highest BCUT2D eigenvalue weighted by atomic mass is 15.0. The number of fused-ring (bicyclic) bond motifs is 12. The number of hydrogen-bond donors (Lipinski definition) is 0. The Morgan fingerprint density at radius 3 is 1.03 bits per heavy atom. The van der Waals surface area contributed by atoms with Gasteiger partial charge in [-0.3, -0.25) is 0 Å². The Labute approximate surface area is 719 Å². The van der Waals surface area contributed by atoms with E-state index in [1.807, 2.05) is 146 Å². The molecule has 576 valence electrons. The summed E-state index contributed by atoms with van der Waals surface area (Å²) in [6.45, 7) is 4.57. The molecule has 0 N–H and O–H groups in total. The van der Waals surface area contributed by atoms with Crippen LogP contribution >= 0.6 is 0 Å². The molecular weight excluding hydrogens is 1510 g/mol. The summed E-state index contributed by atoms with van der Waals surface area (Å²) in [6.07, 6.45) is 0. The van der Waals surface area contributed by atoms with E-state index in [-0.39, 0.29) is 17.5 Å². The van der Waals surface area contributed by atoms with Gasteiger partial charge in [0.2, 0.25) is 0 Å². The first-order valence-corrected chi connectivity index (χ1v) is 41.6. The van der Waals surface area contributed by atoms with Gasteiger partial charge in [0.15, 0.2) is 34.9 Å². The van der Waals surface area contributed by atoms with Crippen LogP contribution in [-0.2, 0) is 5.41 Å². The molecule has 0 atom stereocenters. The summed E-state index contributed by atoms with van der Waals surface area (Å²) in [5, 5.41) is 26.3. The van der Waals surface area contributed by atoms with E-state index >= 15 is 0 Å².